The largest absolute Gasteiger partial charge is 0.358 e. The molecule has 0 unspecified atom stereocenters. The van der Waals surface area contributed by atoms with E-state index in [1.165, 1.54) is 32.1 Å². The normalized spacial score (nSPS) is 18.2. The van der Waals surface area contributed by atoms with Gasteiger partial charge >= 0.3 is 0 Å². The van der Waals surface area contributed by atoms with Gasteiger partial charge in [0.2, 0.25) is 5.91 Å². The second kappa shape index (κ2) is 8.48. The first-order chi connectivity index (χ1) is 8.26. The van der Waals surface area contributed by atoms with Gasteiger partial charge in [0.1, 0.15) is 0 Å². The molecule has 1 heterocycles. The highest BCUT2D eigenvalue weighted by Gasteiger charge is 2.19. The summed E-state index contributed by atoms with van der Waals surface area (Å²) in [7, 11) is 1.70. The predicted octanol–water partition coefficient (Wildman–Crippen LogP) is 0.977. The molecule has 0 atom stereocenters. The summed E-state index contributed by atoms with van der Waals surface area (Å²) < 4.78 is 0. The molecule has 0 radical (unpaired) electrons. The summed E-state index contributed by atoms with van der Waals surface area (Å²) >= 11 is 0. The standard InChI is InChI=1S/C13H27N3O/c1-3-4-5-8-15-12-6-9-16(10-7-12)11-13(17)14-2/h12,15H,3-11H2,1-2H3,(H,14,17). The molecule has 0 aliphatic carbocycles. The quantitative estimate of drug-likeness (QED) is 0.653. The number of carbonyl (C=O) groups excluding carboxylic acids is 1. The highest BCUT2D eigenvalue weighted by molar-refractivity contribution is 5.77. The average molecular weight is 241 g/mol. The molecule has 4 nitrogen and oxygen atoms in total. The molecule has 100 valence electrons. The smallest absolute Gasteiger partial charge is 0.233 e. The molecule has 0 bridgehead atoms. The topological polar surface area (TPSA) is 44.4 Å². The number of nitrogens with zero attached hydrogens (tertiary/aromatic N) is 1. The second-order valence-corrected chi connectivity index (χ2v) is 4.88. The number of nitrogens with one attached hydrogen (secondary N) is 2. The second-order valence-electron chi connectivity index (χ2n) is 4.88. The van der Waals surface area contributed by atoms with E-state index in [-0.39, 0.29) is 5.91 Å². The van der Waals surface area contributed by atoms with Crippen molar-refractivity contribution in [3.63, 3.8) is 0 Å². The number of amides is 1. The van der Waals surface area contributed by atoms with Crippen LogP contribution in [0.5, 0.6) is 0 Å². The molecule has 2 N–H and O–H groups in total. The van der Waals surface area contributed by atoms with Gasteiger partial charge in [0.15, 0.2) is 0 Å². The zero-order chi connectivity index (χ0) is 12.5. The lowest BCUT2D eigenvalue weighted by Gasteiger charge is -2.31. The maximum Gasteiger partial charge on any atom is 0.233 e. The fourth-order valence-electron chi connectivity index (χ4n) is 2.26. The molecule has 17 heavy (non-hydrogen) atoms. The van der Waals surface area contributed by atoms with E-state index in [2.05, 4.69) is 22.5 Å². The molecule has 0 aromatic rings. The molecule has 4 heteroatoms. The predicted molar refractivity (Wildman–Crippen MR) is 71.1 cm³/mol. The van der Waals surface area contributed by atoms with Gasteiger partial charge in [0, 0.05) is 26.2 Å². The van der Waals surface area contributed by atoms with Crippen LogP contribution in [0, 0.1) is 0 Å². The van der Waals surface area contributed by atoms with E-state index >= 15 is 0 Å². The van der Waals surface area contributed by atoms with Gasteiger partial charge in [0.25, 0.3) is 0 Å². The van der Waals surface area contributed by atoms with E-state index in [4.69, 9.17) is 0 Å². The SMILES string of the molecule is CCCCCNC1CCN(CC(=O)NC)CC1. The summed E-state index contributed by atoms with van der Waals surface area (Å²) in [6, 6.07) is 0.660. The van der Waals surface area contributed by atoms with E-state index in [1.807, 2.05) is 0 Å². The molecule has 1 amide bonds. The molecule has 0 spiro atoms. The third kappa shape index (κ3) is 6.03. The van der Waals surface area contributed by atoms with Gasteiger partial charge in [0.05, 0.1) is 6.54 Å². The number of piperidine rings is 1. The van der Waals surface area contributed by atoms with Crippen molar-refractivity contribution in [2.24, 2.45) is 0 Å². The first-order valence-corrected chi connectivity index (χ1v) is 6.92. The Balaban J connectivity index is 2.07. The lowest BCUT2D eigenvalue weighted by molar-refractivity contribution is -0.122. The summed E-state index contributed by atoms with van der Waals surface area (Å²) in [5, 5.41) is 6.29. The molecule has 0 aromatic heterocycles. The Morgan fingerprint density at radius 2 is 2.00 bits per heavy atom. The van der Waals surface area contributed by atoms with E-state index in [9.17, 15) is 4.79 Å². The van der Waals surface area contributed by atoms with Gasteiger partial charge in [-0.1, -0.05) is 19.8 Å². The first-order valence-electron chi connectivity index (χ1n) is 6.92. The van der Waals surface area contributed by atoms with E-state index in [0.29, 0.717) is 12.6 Å². The fraction of sp³-hybridized carbons (Fsp3) is 0.923. The Kier molecular flexibility index (Phi) is 7.21. The number of carbonyl (C=O) groups is 1. The van der Waals surface area contributed by atoms with Crippen molar-refractivity contribution < 1.29 is 4.79 Å². The van der Waals surface area contributed by atoms with Gasteiger partial charge in [-0.3, -0.25) is 9.69 Å². The molecular formula is C13H27N3O. The molecule has 1 fully saturated rings. The van der Waals surface area contributed by atoms with Crippen molar-refractivity contribution in [2.75, 3.05) is 33.2 Å². The summed E-state index contributed by atoms with van der Waals surface area (Å²) in [5.74, 6) is 0.124. The maximum absolute atomic E-state index is 11.2. The molecule has 1 aliphatic heterocycles. The van der Waals surface area contributed by atoms with Crippen LogP contribution in [0.1, 0.15) is 39.0 Å². The highest BCUT2D eigenvalue weighted by atomic mass is 16.1. The number of unbranched alkanes of at least 4 members (excludes halogenated alkanes) is 2. The third-order valence-corrected chi connectivity index (χ3v) is 3.45. The molecule has 1 saturated heterocycles. The monoisotopic (exact) mass is 241 g/mol. The molecular weight excluding hydrogens is 214 g/mol. The minimum Gasteiger partial charge on any atom is -0.358 e. The Labute approximate surface area is 105 Å². The highest BCUT2D eigenvalue weighted by Crippen LogP contribution is 2.10. The first kappa shape index (κ1) is 14.5. The Morgan fingerprint density at radius 1 is 1.29 bits per heavy atom. The summed E-state index contributed by atoms with van der Waals surface area (Å²) in [6.45, 7) is 6.02. The van der Waals surface area contributed by atoms with Crippen LogP contribution < -0.4 is 10.6 Å². The lowest BCUT2D eigenvalue weighted by Crippen LogP contribution is -2.45. The number of likely N-dealkylation sites (tertiary alicyclic amines) is 1. The Bertz CT molecular complexity index is 213. The number of rotatable bonds is 7. The van der Waals surface area contributed by atoms with Crippen molar-refractivity contribution in [3.8, 4) is 0 Å². The third-order valence-electron chi connectivity index (χ3n) is 3.45. The minimum atomic E-state index is 0.124. The fourth-order valence-corrected chi connectivity index (χ4v) is 2.26. The maximum atomic E-state index is 11.2. The van der Waals surface area contributed by atoms with Gasteiger partial charge in [-0.2, -0.15) is 0 Å². The molecule has 1 aliphatic rings. The number of hydrogen-bond acceptors (Lipinski definition) is 3. The van der Waals surface area contributed by atoms with E-state index < -0.39 is 0 Å². The zero-order valence-electron chi connectivity index (χ0n) is 11.3. The Morgan fingerprint density at radius 3 is 2.59 bits per heavy atom. The summed E-state index contributed by atoms with van der Waals surface area (Å²) in [5.41, 5.74) is 0. The van der Waals surface area contributed by atoms with Crippen molar-refractivity contribution >= 4 is 5.91 Å². The number of hydrogen-bond donors (Lipinski definition) is 2. The minimum absolute atomic E-state index is 0.124. The van der Waals surface area contributed by atoms with Crippen LogP contribution in [0.15, 0.2) is 0 Å². The van der Waals surface area contributed by atoms with Gasteiger partial charge in [-0.05, 0) is 25.8 Å². The van der Waals surface area contributed by atoms with Crippen LogP contribution in [0.3, 0.4) is 0 Å². The van der Waals surface area contributed by atoms with Crippen molar-refractivity contribution in [3.05, 3.63) is 0 Å². The van der Waals surface area contributed by atoms with Crippen LogP contribution >= 0.6 is 0 Å². The van der Waals surface area contributed by atoms with Crippen LogP contribution in [0.4, 0.5) is 0 Å². The molecule has 0 aromatic carbocycles. The van der Waals surface area contributed by atoms with Crippen LogP contribution in [-0.4, -0.2) is 50.1 Å². The van der Waals surface area contributed by atoms with Gasteiger partial charge in [-0.15, -0.1) is 0 Å². The Hall–Kier alpha value is -0.610. The van der Waals surface area contributed by atoms with Crippen LogP contribution in [-0.2, 0) is 4.79 Å². The zero-order valence-corrected chi connectivity index (χ0v) is 11.3. The van der Waals surface area contributed by atoms with Crippen molar-refractivity contribution in [2.45, 2.75) is 45.1 Å². The van der Waals surface area contributed by atoms with Gasteiger partial charge < -0.3 is 10.6 Å². The summed E-state index contributed by atoms with van der Waals surface area (Å²) in [4.78, 5) is 13.5. The number of likely N-dealkylation sites (N-methyl/N-ethyl adjacent to an activating group) is 1. The van der Waals surface area contributed by atoms with Gasteiger partial charge in [-0.25, -0.2) is 0 Å². The average Bonchev–Trinajstić information content (AvgIpc) is 2.36. The molecule has 0 saturated carbocycles. The van der Waals surface area contributed by atoms with E-state index in [0.717, 1.165) is 19.6 Å². The van der Waals surface area contributed by atoms with Crippen LogP contribution in [0.25, 0.3) is 0 Å². The van der Waals surface area contributed by atoms with Crippen LogP contribution in [0.2, 0.25) is 0 Å². The van der Waals surface area contributed by atoms with Crippen molar-refractivity contribution in [1.82, 2.24) is 15.5 Å². The lowest BCUT2D eigenvalue weighted by atomic mass is 10.0. The summed E-state index contributed by atoms with van der Waals surface area (Å²) in [6.07, 6.45) is 6.23. The molecule has 1 rings (SSSR count). The van der Waals surface area contributed by atoms with E-state index in [1.54, 1.807) is 7.05 Å². The van der Waals surface area contributed by atoms with Crippen molar-refractivity contribution in [1.29, 1.82) is 0 Å².